The highest BCUT2D eigenvalue weighted by atomic mass is 35.5. The molecule has 0 saturated heterocycles. The largest absolute Gasteiger partial charge is 0.350 e. The number of benzene rings is 2. The van der Waals surface area contributed by atoms with E-state index in [1.807, 2.05) is 25.9 Å². The zero-order chi connectivity index (χ0) is 21.8. The molecule has 0 saturated carbocycles. The second kappa shape index (κ2) is 9.38. The topological polar surface area (TPSA) is 80.1 Å². The monoisotopic (exact) mass is 445 g/mol. The predicted molar refractivity (Wildman–Crippen MR) is 117 cm³/mol. The van der Waals surface area contributed by atoms with Gasteiger partial charge in [0, 0.05) is 22.7 Å². The van der Waals surface area contributed by atoms with Gasteiger partial charge in [-0.3, -0.25) is 9.59 Å². The van der Waals surface area contributed by atoms with E-state index in [0.29, 0.717) is 45.8 Å². The van der Waals surface area contributed by atoms with Crippen LogP contribution < -0.4 is 5.32 Å². The number of carbonyl (C=O) groups excluding carboxylic acids is 2. The fourth-order valence-electron chi connectivity index (χ4n) is 2.92. The van der Waals surface area contributed by atoms with Crippen LogP contribution in [0.5, 0.6) is 0 Å². The van der Waals surface area contributed by atoms with E-state index < -0.39 is 0 Å². The summed E-state index contributed by atoms with van der Waals surface area (Å²) >= 11 is 12.4. The van der Waals surface area contributed by atoms with Crippen LogP contribution in [0.3, 0.4) is 0 Å². The standard InChI is InChI=1S/C21H21Cl2N5O2/c1-4-24-21(30)20-25-18(12-27(2)3)28(26-20)17-10-9-13(22)11-15(17)19(29)14-7-5-6-8-16(14)23/h5-11H,4,12H2,1-3H3,(H,24,30). The Morgan fingerprint density at radius 2 is 1.83 bits per heavy atom. The number of ketones is 1. The molecule has 0 aliphatic heterocycles. The number of hydrogen-bond donors (Lipinski definition) is 1. The fourth-order valence-corrected chi connectivity index (χ4v) is 3.32. The van der Waals surface area contributed by atoms with E-state index in [9.17, 15) is 9.59 Å². The quantitative estimate of drug-likeness (QED) is 0.561. The third-order valence-corrected chi connectivity index (χ3v) is 4.79. The maximum atomic E-state index is 13.3. The molecule has 0 radical (unpaired) electrons. The summed E-state index contributed by atoms with van der Waals surface area (Å²) in [6.45, 7) is 2.68. The molecule has 1 amide bonds. The lowest BCUT2D eigenvalue weighted by atomic mass is 10.0. The third kappa shape index (κ3) is 4.70. The van der Waals surface area contributed by atoms with Gasteiger partial charge in [-0.05, 0) is 51.4 Å². The molecule has 3 aromatic rings. The van der Waals surface area contributed by atoms with Crippen molar-refractivity contribution in [1.29, 1.82) is 0 Å². The summed E-state index contributed by atoms with van der Waals surface area (Å²) in [4.78, 5) is 31.9. The molecule has 0 atom stereocenters. The van der Waals surface area contributed by atoms with Crippen molar-refractivity contribution in [2.75, 3.05) is 20.6 Å². The Morgan fingerprint density at radius 1 is 1.10 bits per heavy atom. The van der Waals surface area contributed by atoms with Crippen LogP contribution in [0.1, 0.15) is 39.3 Å². The second-order valence-corrected chi connectivity index (χ2v) is 7.67. The predicted octanol–water partition coefficient (Wildman–Crippen LogP) is 3.62. The van der Waals surface area contributed by atoms with Gasteiger partial charge >= 0.3 is 0 Å². The Balaban J connectivity index is 2.17. The molecule has 0 fully saturated rings. The highest BCUT2D eigenvalue weighted by Gasteiger charge is 2.23. The van der Waals surface area contributed by atoms with Crippen LogP contribution in [0, 0.1) is 0 Å². The smallest absolute Gasteiger partial charge is 0.290 e. The summed E-state index contributed by atoms with van der Waals surface area (Å²) in [5.74, 6) is -0.148. The Labute approximate surface area is 184 Å². The molecule has 1 aromatic heterocycles. The van der Waals surface area contributed by atoms with E-state index in [4.69, 9.17) is 23.2 Å². The van der Waals surface area contributed by atoms with E-state index in [0.717, 1.165) is 0 Å². The van der Waals surface area contributed by atoms with Crippen molar-refractivity contribution in [1.82, 2.24) is 25.0 Å². The van der Waals surface area contributed by atoms with E-state index in [-0.39, 0.29) is 17.5 Å². The summed E-state index contributed by atoms with van der Waals surface area (Å²) in [6, 6.07) is 11.7. The first kappa shape index (κ1) is 22.0. The summed E-state index contributed by atoms with van der Waals surface area (Å²) in [5, 5.41) is 7.80. The van der Waals surface area contributed by atoms with Crippen molar-refractivity contribution in [2.24, 2.45) is 0 Å². The lowest BCUT2D eigenvalue weighted by molar-refractivity contribution is 0.0945. The zero-order valence-electron chi connectivity index (χ0n) is 16.8. The Morgan fingerprint density at radius 3 is 2.50 bits per heavy atom. The minimum atomic E-state index is -0.385. The Bertz CT molecular complexity index is 1090. The first-order chi connectivity index (χ1) is 14.3. The van der Waals surface area contributed by atoms with Gasteiger partial charge in [0.1, 0.15) is 5.82 Å². The maximum Gasteiger partial charge on any atom is 0.290 e. The van der Waals surface area contributed by atoms with Gasteiger partial charge in [0.05, 0.1) is 17.3 Å². The van der Waals surface area contributed by atoms with Gasteiger partial charge in [0.25, 0.3) is 5.91 Å². The molecule has 1 N–H and O–H groups in total. The van der Waals surface area contributed by atoms with Crippen molar-refractivity contribution in [3.05, 3.63) is 75.3 Å². The highest BCUT2D eigenvalue weighted by Crippen LogP contribution is 2.26. The van der Waals surface area contributed by atoms with Gasteiger partial charge in [-0.25, -0.2) is 9.67 Å². The molecule has 0 aliphatic carbocycles. The molecule has 7 nitrogen and oxygen atoms in total. The van der Waals surface area contributed by atoms with Crippen molar-refractivity contribution in [3.63, 3.8) is 0 Å². The average Bonchev–Trinajstić information content (AvgIpc) is 3.11. The number of nitrogens with one attached hydrogen (secondary N) is 1. The van der Waals surface area contributed by atoms with Gasteiger partial charge in [-0.2, -0.15) is 0 Å². The molecular formula is C21H21Cl2N5O2. The van der Waals surface area contributed by atoms with Crippen molar-refractivity contribution in [3.8, 4) is 5.69 Å². The third-order valence-electron chi connectivity index (χ3n) is 4.22. The summed E-state index contributed by atoms with van der Waals surface area (Å²) < 4.78 is 1.50. The highest BCUT2D eigenvalue weighted by molar-refractivity contribution is 6.35. The van der Waals surface area contributed by atoms with Gasteiger partial charge in [0.15, 0.2) is 5.78 Å². The number of rotatable bonds is 7. The molecule has 30 heavy (non-hydrogen) atoms. The molecule has 0 bridgehead atoms. The van der Waals surface area contributed by atoms with Crippen LogP contribution >= 0.6 is 23.2 Å². The first-order valence-corrected chi connectivity index (χ1v) is 10.1. The number of carbonyl (C=O) groups is 2. The number of hydrogen-bond acceptors (Lipinski definition) is 5. The van der Waals surface area contributed by atoms with Gasteiger partial charge in [-0.15, -0.1) is 5.10 Å². The molecule has 9 heteroatoms. The maximum absolute atomic E-state index is 13.3. The van der Waals surface area contributed by atoms with Gasteiger partial charge in [-0.1, -0.05) is 35.3 Å². The van der Waals surface area contributed by atoms with E-state index in [2.05, 4.69) is 15.4 Å². The summed E-state index contributed by atoms with van der Waals surface area (Å²) in [5.41, 5.74) is 1.12. The second-order valence-electron chi connectivity index (χ2n) is 6.83. The summed E-state index contributed by atoms with van der Waals surface area (Å²) in [6.07, 6.45) is 0. The fraction of sp³-hybridized carbons (Fsp3) is 0.238. The van der Waals surface area contributed by atoms with Crippen LogP contribution in [0.15, 0.2) is 42.5 Å². The van der Waals surface area contributed by atoms with Crippen molar-refractivity contribution >= 4 is 34.9 Å². The van der Waals surface area contributed by atoms with Crippen LogP contribution in [-0.4, -0.2) is 52.0 Å². The molecule has 1 heterocycles. The number of halogens is 2. The van der Waals surface area contributed by atoms with Crippen molar-refractivity contribution in [2.45, 2.75) is 13.5 Å². The minimum absolute atomic E-state index is 0.0276. The van der Waals surface area contributed by atoms with E-state index in [1.54, 1.807) is 42.5 Å². The molecule has 0 aliphatic rings. The number of amides is 1. The number of aromatic nitrogens is 3. The SMILES string of the molecule is CCNC(=O)c1nc(CN(C)C)n(-c2ccc(Cl)cc2C(=O)c2ccccc2Cl)n1. The lowest BCUT2D eigenvalue weighted by Crippen LogP contribution is -2.24. The van der Waals surface area contributed by atoms with Gasteiger partial charge in [0.2, 0.25) is 5.82 Å². The van der Waals surface area contributed by atoms with Crippen molar-refractivity contribution < 1.29 is 9.59 Å². The van der Waals surface area contributed by atoms with Crippen LogP contribution in [0.2, 0.25) is 10.0 Å². The Hall–Kier alpha value is -2.74. The van der Waals surface area contributed by atoms with Crippen LogP contribution in [-0.2, 0) is 6.54 Å². The molecule has 0 unspecified atom stereocenters. The van der Waals surface area contributed by atoms with E-state index in [1.165, 1.54) is 4.68 Å². The molecule has 0 spiro atoms. The van der Waals surface area contributed by atoms with Gasteiger partial charge < -0.3 is 10.2 Å². The number of nitrogens with zero attached hydrogens (tertiary/aromatic N) is 4. The van der Waals surface area contributed by atoms with E-state index >= 15 is 0 Å². The normalized spacial score (nSPS) is 11.0. The first-order valence-electron chi connectivity index (χ1n) is 9.29. The Kier molecular flexibility index (Phi) is 6.87. The van der Waals surface area contributed by atoms with Crippen LogP contribution in [0.25, 0.3) is 5.69 Å². The lowest BCUT2D eigenvalue weighted by Gasteiger charge is -2.14. The molecule has 156 valence electrons. The summed E-state index contributed by atoms with van der Waals surface area (Å²) in [7, 11) is 3.75. The zero-order valence-corrected chi connectivity index (χ0v) is 18.3. The molecular weight excluding hydrogens is 425 g/mol. The average molecular weight is 446 g/mol. The molecule has 3 rings (SSSR count). The van der Waals surface area contributed by atoms with Crippen LogP contribution in [0.4, 0.5) is 0 Å². The minimum Gasteiger partial charge on any atom is -0.350 e. The molecule has 2 aromatic carbocycles.